The van der Waals surface area contributed by atoms with Gasteiger partial charge in [0.2, 0.25) is 5.91 Å². The number of nitrogens with zero attached hydrogens (tertiary/aromatic N) is 1. The lowest BCUT2D eigenvalue weighted by molar-refractivity contribution is -0.121. The fraction of sp³-hybridized carbons (Fsp3) is 0.909. The minimum atomic E-state index is -0.0902. The van der Waals surface area contributed by atoms with Crippen LogP contribution in [-0.4, -0.2) is 42.2 Å². The number of nitrogens with two attached hydrogens (primary N) is 1. The van der Waals surface area contributed by atoms with E-state index in [2.05, 4.69) is 17.2 Å². The van der Waals surface area contributed by atoms with E-state index >= 15 is 0 Å². The van der Waals surface area contributed by atoms with Crippen molar-refractivity contribution in [2.45, 2.75) is 39.0 Å². The molecule has 0 aromatic heterocycles. The van der Waals surface area contributed by atoms with Gasteiger partial charge in [0.15, 0.2) is 0 Å². The number of unbranched alkanes of at least 4 members (excludes halogenated alkanes) is 2. The van der Waals surface area contributed by atoms with Gasteiger partial charge in [-0.25, -0.2) is 5.84 Å². The smallest absolute Gasteiger partial charge is 0.233 e. The monoisotopic (exact) mass is 231 g/mol. The standard InChI is InChI=1S/C11H25N3O2/c1-2-14(9-6-10-15)8-5-3-4-7-11(16)13-12/h15H,2-10,12H2,1H3,(H,13,16). The van der Waals surface area contributed by atoms with E-state index in [-0.39, 0.29) is 12.5 Å². The van der Waals surface area contributed by atoms with Gasteiger partial charge >= 0.3 is 0 Å². The van der Waals surface area contributed by atoms with Crippen LogP contribution in [-0.2, 0) is 4.79 Å². The van der Waals surface area contributed by atoms with Crippen LogP contribution in [0, 0.1) is 0 Å². The average molecular weight is 231 g/mol. The summed E-state index contributed by atoms with van der Waals surface area (Å²) in [6, 6.07) is 0. The van der Waals surface area contributed by atoms with Crippen LogP contribution in [0.3, 0.4) is 0 Å². The molecule has 0 bridgehead atoms. The Bertz CT molecular complexity index is 177. The number of hydrogen-bond acceptors (Lipinski definition) is 4. The van der Waals surface area contributed by atoms with Crippen molar-refractivity contribution < 1.29 is 9.90 Å². The number of carbonyl (C=O) groups excluding carboxylic acids is 1. The number of hydrogen-bond donors (Lipinski definition) is 3. The molecule has 0 saturated heterocycles. The van der Waals surface area contributed by atoms with Crippen LogP contribution < -0.4 is 11.3 Å². The maximum Gasteiger partial charge on any atom is 0.233 e. The molecule has 16 heavy (non-hydrogen) atoms. The summed E-state index contributed by atoms with van der Waals surface area (Å²) in [6.07, 6.45) is 4.38. The lowest BCUT2D eigenvalue weighted by Crippen LogP contribution is -2.29. The van der Waals surface area contributed by atoms with Crippen molar-refractivity contribution in [3.8, 4) is 0 Å². The van der Waals surface area contributed by atoms with Crippen molar-refractivity contribution >= 4 is 5.91 Å². The molecule has 0 aliphatic heterocycles. The Morgan fingerprint density at radius 3 is 2.50 bits per heavy atom. The minimum absolute atomic E-state index is 0.0902. The maximum atomic E-state index is 10.8. The zero-order valence-electron chi connectivity index (χ0n) is 10.2. The van der Waals surface area contributed by atoms with Crippen LogP contribution in [0.15, 0.2) is 0 Å². The first-order valence-corrected chi connectivity index (χ1v) is 6.07. The fourth-order valence-electron chi connectivity index (χ4n) is 1.59. The van der Waals surface area contributed by atoms with E-state index in [1.807, 2.05) is 0 Å². The Morgan fingerprint density at radius 2 is 1.94 bits per heavy atom. The first-order valence-electron chi connectivity index (χ1n) is 6.07. The van der Waals surface area contributed by atoms with Gasteiger partial charge in [0.05, 0.1) is 0 Å². The number of rotatable bonds is 10. The first-order chi connectivity index (χ1) is 7.74. The van der Waals surface area contributed by atoms with Gasteiger partial charge in [-0.1, -0.05) is 13.3 Å². The van der Waals surface area contributed by atoms with Gasteiger partial charge in [0.25, 0.3) is 0 Å². The van der Waals surface area contributed by atoms with Crippen LogP contribution in [0.4, 0.5) is 0 Å². The SMILES string of the molecule is CCN(CCCO)CCCCCC(=O)NN. The molecule has 0 unspecified atom stereocenters. The summed E-state index contributed by atoms with van der Waals surface area (Å²) in [5, 5.41) is 8.73. The molecule has 5 nitrogen and oxygen atoms in total. The molecule has 0 atom stereocenters. The van der Waals surface area contributed by atoms with E-state index in [0.29, 0.717) is 6.42 Å². The van der Waals surface area contributed by atoms with E-state index in [0.717, 1.165) is 45.3 Å². The molecule has 0 radical (unpaired) electrons. The van der Waals surface area contributed by atoms with E-state index in [1.54, 1.807) is 0 Å². The number of aliphatic hydroxyl groups excluding tert-OH is 1. The zero-order chi connectivity index (χ0) is 12.2. The van der Waals surface area contributed by atoms with Crippen LogP contribution in [0.2, 0.25) is 0 Å². The Balaban J connectivity index is 3.37. The van der Waals surface area contributed by atoms with Crippen molar-refractivity contribution in [1.29, 1.82) is 0 Å². The predicted molar refractivity (Wildman–Crippen MR) is 64.6 cm³/mol. The minimum Gasteiger partial charge on any atom is -0.396 e. The number of hydrazine groups is 1. The molecule has 5 heteroatoms. The molecule has 4 N–H and O–H groups in total. The summed E-state index contributed by atoms with van der Waals surface area (Å²) >= 11 is 0. The highest BCUT2D eigenvalue weighted by Gasteiger charge is 2.02. The molecule has 0 aromatic rings. The molecular formula is C11H25N3O2. The second kappa shape index (κ2) is 10.9. The third kappa shape index (κ3) is 8.64. The lowest BCUT2D eigenvalue weighted by Gasteiger charge is -2.19. The Kier molecular flexibility index (Phi) is 10.4. The van der Waals surface area contributed by atoms with Crippen LogP contribution in [0.1, 0.15) is 39.0 Å². The number of amides is 1. The maximum absolute atomic E-state index is 10.8. The highest BCUT2D eigenvalue weighted by Crippen LogP contribution is 2.02. The predicted octanol–water partition coefficient (Wildman–Crippen LogP) is 0.241. The molecule has 0 saturated carbocycles. The normalized spacial score (nSPS) is 10.8. The molecule has 0 aliphatic rings. The summed E-state index contributed by atoms with van der Waals surface area (Å²) in [7, 11) is 0. The number of aliphatic hydroxyl groups is 1. The van der Waals surface area contributed by atoms with Crippen molar-refractivity contribution in [3.63, 3.8) is 0 Å². The molecule has 96 valence electrons. The Labute approximate surface area is 98.0 Å². The van der Waals surface area contributed by atoms with Crippen LogP contribution >= 0.6 is 0 Å². The largest absolute Gasteiger partial charge is 0.396 e. The van der Waals surface area contributed by atoms with Gasteiger partial charge in [-0.2, -0.15) is 0 Å². The summed E-state index contributed by atoms with van der Waals surface area (Å²) in [4.78, 5) is 13.2. The zero-order valence-corrected chi connectivity index (χ0v) is 10.2. The van der Waals surface area contributed by atoms with E-state index in [9.17, 15) is 4.79 Å². The van der Waals surface area contributed by atoms with Crippen LogP contribution in [0.25, 0.3) is 0 Å². The summed E-state index contributed by atoms with van der Waals surface area (Å²) in [5.41, 5.74) is 2.13. The highest BCUT2D eigenvalue weighted by molar-refractivity contribution is 5.74. The molecule has 0 fully saturated rings. The molecule has 0 spiro atoms. The molecule has 0 rings (SSSR count). The molecule has 0 heterocycles. The van der Waals surface area contributed by atoms with Crippen molar-refractivity contribution in [2.75, 3.05) is 26.2 Å². The summed E-state index contributed by atoms with van der Waals surface area (Å²) in [6.45, 7) is 5.40. The molecule has 0 aromatic carbocycles. The van der Waals surface area contributed by atoms with E-state index in [4.69, 9.17) is 10.9 Å². The molecule has 1 amide bonds. The van der Waals surface area contributed by atoms with Gasteiger partial charge in [-0.15, -0.1) is 0 Å². The number of nitrogens with one attached hydrogen (secondary N) is 1. The molecule has 0 aliphatic carbocycles. The first kappa shape index (κ1) is 15.3. The third-order valence-corrected chi connectivity index (χ3v) is 2.62. The summed E-state index contributed by atoms with van der Waals surface area (Å²) in [5.74, 6) is 4.89. The van der Waals surface area contributed by atoms with Gasteiger partial charge in [-0.05, 0) is 32.4 Å². The van der Waals surface area contributed by atoms with Crippen molar-refractivity contribution in [3.05, 3.63) is 0 Å². The van der Waals surface area contributed by atoms with Gasteiger partial charge < -0.3 is 10.0 Å². The van der Waals surface area contributed by atoms with Gasteiger partial charge in [0, 0.05) is 19.6 Å². The summed E-state index contributed by atoms with van der Waals surface area (Å²) < 4.78 is 0. The second-order valence-corrected chi connectivity index (χ2v) is 3.89. The average Bonchev–Trinajstić information content (AvgIpc) is 2.32. The van der Waals surface area contributed by atoms with Crippen LogP contribution in [0.5, 0.6) is 0 Å². The van der Waals surface area contributed by atoms with Gasteiger partial charge in [-0.3, -0.25) is 10.2 Å². The molecular weight excluding hydrogens is 206 g/mol. The highest BCUT2D eigenvalue weighted by atomic mass is 16.3. The topological polar surface area (TPSA) is 78.6 Å². The second-order valence-electron chi connectivity index (χ2n) is 3.89. The van der Waals surface area contributed by atoms with Crippen molar-refractivity contribution in [2.24, 2.45) is 5.84 Å². The fourth-order valence-corrected chi connectivity index (χ4v) is 1.59. The van der Waals surface area contributed by atoms with Crippen molar-refractivity contribution in [1.82, 2.24) is 10.3 Å². The van der Waals surface area contributed by atoms with E-state index < -0.39 is 0 Å². The Morgan fingerprint density at radius 1 is 1.25 bits per heavy atom. The van der Waals surface area contributed by atoms with Gasteiger partial charge in [0.1, 0.15) is 0 Å². The lowest BCUT2D eigenvalue weighted by atomic mass is 10.2. The Hall–Kier alpha value is -0.650. The van der Waals surface area contributed by atoms with E-state index in [1.165, 1.54) is 0 Å². The quantitative estimate of drug-likeness (QED) is 0.218. The number of carbonyl (C=O) groups is 1. The third-order valence-electron chi connectivity index (χ3n) is 2.62.